The number of nitrogens with zero attached hydrogens (tertiary/aromatic N) is 3. The smallest absolute Gasteiger partial charge is 0.0726 e. The fraction of sp³-hybridized carbons (Fsp3) is 0.793. The van der Waals surface area contributed by atoms with Crippen LogP contribution in [-0.4, -0.2) is 62.9 Å². The minimum absolute atomic E-state index is 0.299. The van der Waals surface area contributed by atoms with Gasteiger partial charge in [0.05, 0.1) is 12.2 Å². The van der Waals surface area contributed by atoms with Gasteiger partial charge in [-0.1, -0.05) is 33.6 Å². The minimum Gasteiger partial charge on any atom is -0.372 e. The molecule has 2 atom stereocenters. The third-order valence-corrected chi connectivity index (χ3v) is 9.03. The minimum atomic E-state index is 0.299. The Bertz CT molecular complexity index is 733. The number of piperazine rings is 1. The predicted octanol–water partition coefficient (Wildman–Crippen LogP) is 6.30. The molecule has 0 N–H and O–H groups in total. The zero-order valence-electron chi connectivity index (χ0n) is 22.1. The summed E-state index contributed by atoms with van der Waals surface area (Å²) in [6, 6.07) is 7.44. The van der Waals surface area contributed by atoms with E-state index >= 15 is 0 Å². The highest BCUT2D eigenvalue weighted by Gasteiger charge is 2.34. The number of ether oxygens (including phenoxy) is 1. The van der Waals surface area contributed by atoms with Crippen molar-refractivity contribution in [3.8, 4) is 0 Å². The normalized spacial score (nSPS) is 27.2. The topological polar surface area (TPSA) is 19.0 Å². The van der Waals surface area contributed by atoms with Crippen LogP contribution in [0.25, 0.3) is 0 Å². The van der Waals surface area contributed by atoms with Crippen molar-refractivity contribution in [1.29, 1.82) is 0 Å². The van der Waals surface area contributed by atoms with E-state index in [4.69, 9.17) is 4.74 Å². The summed E-state index contributed by atoms with van der Waals surface area (Å²) in [5.74, 6) is 0.704. The summed E-state index contributed by atoms with van der Waals surface area (Å²) >= 11 is 0. The number of hydrogen-bond acceptors (Lipinski definition) is 4. The molecule has 3 fully saturated rings. The summed E-state index contributed by atoms with van der Waals surface area (Å²) in [7, 11) is 0. The molecule has 1 saturated carbocycles. The monoisotopic (exact) mass is 455 g/mol. The van der Waals surface area contributed by atoms with Gasteiger partial charge in [0, 0.05) is 50.6 Å². The van der Waals surface area contributed by atoms with E-state index in [1.54, 1.807) is 5.56 Å². The Morgan fingerprint density at radius 2 is 1.52 bits per heavy atom. The number of morpholine rings is 1. The SMILES string of the molecule is CCCN1CCN(c2ccc(N3CC(C)OC(C)C3)cc2C2CCC(CC)(CC)CC2)CC1. The average Bonchev–Trinajstić information content (AvgIpc) is 2.84. The van der Waals surface area contributed by atoms with Crippen LogP contribution < -0.4 is 9.80 Å². The molecule has 0 aromatic heterocycles. The van der Waals surface area contributed by atoms with Crippen LogP contribution >= 0.6 is 0 Å². The van der Waals surface area contributed by atoms with Gasteiger partial charge in [-0.05, 0) is 87.6 Å². The highest BCUT2D eigenvalue weighted by molar-refractivity contribution is 5.64. The van der Waals surface area contributed by atoms with Crippen molar-refractivity contribution < 1.29 is 4.74 Å². The molecule has 0 spiro atoms. The maximum atomic E-state index is 6.03. The quantitative estimate of drug-likeness (QED) is 0.480. The van der Waals surface area contributed by atoms with Crippen molar-refractivity contribution in [3.05, 3.63) is 23.8 Å². The molecule has 4 rings (SSSR count). The first-order valence-electron chi connectivity index (χ1n) is 14.0. The first-order valence-corrected chi connectivity index (χ1v) is 14.0. The second kappa shape index (κ2) is 11.0. The van der Waals surface area contributed by atoms with E-state index in [0.29, 0.717) is 23.5 Å². The van der Waals surface area contributed by atoms with E-state index in [0.717, 1.165) is 13.1 Å². The van der Waals surface area contributed by atoms with Crippen molar-refractivity contribution in [2.24, 2.45) is 5.41 Å². The van der Waals surface area contributed by atoms with Crippen LogP contribution in [0.15, 0.2) is 18.2 Å². The molecule has 3 aliphatic rings. The molecule has 4 nitrogen and oxygen atoms in total. The molecule has 0 amide bonds. The Morgan fingerprint density at radius 1 is 0.879 bits per heavy atom. The van der Waals surface area contributed by atoms with Crippen LogP contribution in [0.5, 0.6) is 0 Å². The molecule has 0 bridgehead atoms. The van der Waals surface area contributed by atoms with Crippen LogP contribution in [0.2, 0.25) is 0 Å². The lowest BCUT2D eigenvalue weighted by Crippen LogP contribution is -2.47. The van der Waals surface area contributed by atoms with Crippen molar-refractivity contribution in [3.63, 3.8) is 0 Å². The highest BCUT2D eigenvalue weighted by Crippen LogP contribution is 2.49. The maximum Gasteiger partial charge on any atom is 0.0726 e. The van der Waals surface area contributed by atoms with Crippen LogP contribution in [0, 0.1) is 5.41 Å². The third-order valence-electron chi connectivity index (χ3n) is 9.03. The third kappa shape index (κ3) is 5.70. The molecular weight excluding hydrogens is 406 g/mol. The number of anilines is 2. The van der Waals surface area contributed by atoms with E-state index in [-0.39, 0.29) is 0 Å². The molecule has 2 aliphatic heterocycles. The zero-order chi connectivity index (χ0) is 23.4. The van der Waals surface area contributed by atoms with Gasteiger partial charge in [0.1, 0.15) is 0 Å². The van der Waals surface area contributed by atoms with Crippen LogP contribution in [0.3, 0.4) is 0 Å². The summed E-state index contributed by atoms with van der Waals surface area (Å²) in [5, 5.41) is 0. The van der Waals surface area contributed by atoms with E-state index in [2.05, 4.69) is 67.5 Å². The predicted molar refractivity (Wildman–Crippen MR) is 142 cm³/mol. The molecule has 2 heterocycles. The fourth-order valence-electron chi connectivity index (χ4n) is 6.77. The molecule has 2 unspecified atom stereocenters. The number of benzene rings is 1. The standard InChI is InChI=1S/C29H49N3O/c1-6-15-30-16-18-31(19-17-30)28-10-9-26(32-21-23(4)33-24(5)22-32)20-27(28)25-11-13-29(7-2,8-3)14-12-25/h9-10,20,23-25H,6-8,11-19,21-22H2,1-5H3. The van der Waals surface area contributed by atoms with Gasteiger partial charge in [-0.15, -0.1) is 0 Å². The summed E-state index contributed by atoms with van der Waals surface area (Å²) in [4.78, 5) is 7.90. The van der Waals surface area contributed by atoms with Crippen LogP contribution in [0.4, 0.5) is 11.4 Å². The van der Waals surface area contributed by atoms with Gasteiger partial charge in [-0.2, -0.15) is 0 Å². The van der Waals surface area contributed by atoms with Gasteiger partial charge in [-0.25, -0.2) is 0 Å². The number of hydrogen-bond donors (Lipinski definition) is 0. The summed E-state index contributed by atoms with van der Waals surface area (Å²) < 4.78 is 6.03. The van der Waals surface area contributed by atoms with Crippen molar-refractivity contribution >= 4 is 11.4 Å². The second-order valence-corrected chi connectivity index (χ2v) is 11.2. The Labute approximate surface area is 203 Å². The lowest BCUT2D eigenvalue weighted by atomic mass is 9.66. The largest absolute Gasteiger partial charge is 0.372 e. The second-order valence-electron chi connectivity index (χ2n) is 11.2. The molecule has 33 heavy (non-hydrogen) atoms. The van der Waals surface area contributed by atoms with E-state index < -0.39 is 0 Å². The first-order chi connectivity index (χ1) is 16.0. The zero-order valence-corrected chi connectivity index (χ0v) is 22.1. The van der Waals surface area contributed by atoms with Gasteiger partial charge >= 0.3 is 0 Å². The Balaban J connectivity index is 1.58. The molecular formula is C29H49N3O. The first kappa shape index (κ1) is 24.9. The molecule has 1 aromatic rings. The Hall–Kier alpha value is -1.26. The Kier molecular flexibility index (Phi) is 8.28. The molecule has 186 valence electrons. The van der Waals surface area contributed by atoms with Crippen LogP contribution in [0.1, 0.15) is 91.0 Å². The lowest BCUT2D eigenvalue weighted by Gasteiger charge is -2.42. The maximum absolute atomic E-state index is 6.03. The highest BCUT2D eigenvalue weighted by atomic mass is 16.5. The molecule has 1 aliphatic carbocycles. The van der Waals surface area contributed by atoms with Crippen molar-refractivity contribution in [1.82, 2.24) is 4.90 Å². The molecule has 0 radical (unpaired) electrons. The van der Waals surface area contributed by atoms with E-state index in [1.807, 2.05) is 0 Å². The molecule has 1 aromatic carbocycles. The average molecular weight is 456 g/mol. The molecule has 2 saturated heterocycles. The number of rotatable bonds is 7. The van der Waals surface area contributed by atoms with Gasteiger partial charge in [0.25, 0.3) is 0 Å². The summed E-state index contributed by atoms with van der Waals surface area (Å²) in [6.45, 7) is 19.5. The van der Waals surface area contributed by atoms with Gasteiger partial charge in [0.15, 0.2) is 0 Å². The van der Waals surface area contributed by atoms with Crippen LogP contribution in [-0.2, 0) is 4.74 Å². The fourth-order valence-corrected chi connectivity index (χ4v) is 6.77. The van der Waals surface area contributed by atoms with E-state index in [1.165, 1.54) is 89.0 Å². The van der Waals surface area contributed by atoms with Gasteiger partial charge in [-0.3, -0.25) is 4.90 Å². The van der Waals surface area contributed by atoms with E-state index in [9.17, 15) is 0 Å². The van der Waals surface area contributed by atoms with Gasteiger partial charge in [0.2, 0.25) is 0 Å². The van der Waals surface area contributed by atoms with Crippen molar-refractivity contribution in [2.45, 2.75) is 97.7 Å². The van der Waals surface area contributed by atoms with Gasteiger partial charge < -0.3 is 14.5 Å². The van der Waals surface area contributed by atoms with Crippen molar-refractivity contribution in [2.75, 3.05) is 55.6 Å². The summed E-state index contributed by atoms with van der Waals surface area (Å²) in [6.07, 6.45) is 10.0. The molecule has 4 heteroatoms. The summed E-state index contributed by atoms with van der Waals surface area (Å²) in [5.41, 5.74) is 5.15. The lowest BCUT2D eigenvalue weighted by molar-refractivity contribution is -0.00522. The Morgan fingerprint density at radius 3 is 2.09 bits per heavy atom.